The zero-order chi connectivity index (χ0) is 19.6. The molecule has 2 rings (SSSR count). The van der Waals surface area contributed by atoms with Crippen molar-refractivity contribution in [3.05, 3.63) is 24.0 Å². The molecule has 7 nitrogen and oxygen atoms in total. The van der Waals surface area contributed by atoms with E-state index in [0.717, 1.165) is 12.8 Å². The Morgan fingerprint density at radius 2 is 1.77 bits per heavy atom. The van der Waals surface area contributed by atoms with Gasteiger partial charge in [0, 0.05) is 12.2 Å². The molecule has 146 valence electrons. The van der Waals surface area contributed by atoms with Crippen LogP contribution in [0, 0.1) is 0 Å². The van der Waals surface area contributed by atoms with E-state index in [4.69, 9.17) is 9.47 Å². The second-order valence-electron chi connectivity index (χ2n) is 7.09. The largest absolute Gasteiger partial charge is 0.495 e. The summed E-state index contributed by atoms with van der Waals surface area (Å²) in [6.07, 6.45) is 8.61. The molecule has 1 N–H and O–H groups in total. The van der Waals surface area contributed by atoms with E-state index in [-0.39, 0.29) is 6.09 Å². The van der Waals surface area contributed by atoms with Crippen LogP contribution in [0.1, 0.15) is 63.2 Å². The van der Waals surface area contributed by atoms with Gasteiger partial charge in [-0.2, -0.15) is 0 Å². The number of esters is 1. The van der Waals surface area contributed by atoms with Crippen LogP contribution >= 0.6 is 0 Å². The van der Waals surface area contributed by atoms with Crippen LogP contribution in [-0.4, -0.2) is 42.9 Å². The molecule has 0 atom stereocenters. The number of nitrogens with one attached hydrogen (secondary N) is 1. The lowest BCUT2D eigenvalue weighted by molar-refractivity contribution is 0.0492. The number of hydrogen-bond acceptors (Lipinski definition) is 6. The first kappa shape index (κ1) is 21.7. The first-order valence-corrected chi connectivity index (χ1v) is 8.82. The summed E-state index contributed by atoms with van der Waals surface area (Å²) >= 11 is 0. The van der Waals surface area contributed by atoms with E-state index in [1.165, 1.54) is 45.9 Å². The molecular weight excluding hydrogens is 336 g/mol. The van der Waals surface area contributed by atoms with Gasteiger partial charge in [0.25, 0.3) is 0 Å². The molecule has 26 heavy (non-hydrogen) atoms. The fourth-order valence-electron chi connectivity index (χ4n) is 2.48. The van der Waals surface area contributed by atoms with Crippen molar-refractivity contribution in [2.45, 2.75) is 64.5 Å². The average Bonchev–Trinajstić information content (AvgIpc) is 2.61. The number of amides is 1. The van der Waals surface area contributed by atoms with Crippen LogP contribution in [0.25, 0.3) is 0 Å². The van der Waals surface area contributed by atoms with Gasteiger partial charge in [0.05, 0.1) is 26.0 Å². The number of hydrogen-bond donors (Lipinski definition) is 1. The molecule has 1 aromatic heterocycles. The first-order chi connectivity index (χ1) is 12.2. The van der Waals surface area contributed by atoms with Crippen LogP contribution < -0.4 is 10.1 Å². The van der Waals surface area contributed by atoms with Crippen LogP contribution in [0.4, 0.5) is 4.79 Å². The Morgan fingerprint density at radius 3 is 2.31 bits per heavy atom. The van der Waals surface area contributed by atoms with Crippen LogP contribution in [-0.2, 0) is 9.47 Å². The van der Waals surface area contributed by atoms with Gasteiger partial charge in [-0.25, -0.2) is 9.59 Å². The van der Waals surface area contributed by atoms with E-state index in [1.807, 2.05) is 20.8 Å². The molecule has 0 unspecified atom stereocenters. The fraction of sp³-hybridized carbons (Fsp3) is 0.632. The monoisotopic (exact) mass is 366 g/mol. The molecule has 7 heteroatoms. The van der Waals surface area contributed by atoms with Crippen molar-refractivity contribution in [1.29, 1.82) is 0 Å². The minimum absolute atomic E-state index is 0.274. The number of rotatable bonds is 3. The predicted octanol–water partition coefficient (Wildman–Crippen LogP) is 3.72. The van der Waals surface area contributed by atoms with Crippen LogP contribution in [0.5, 0.6) is 5.75 Å². The Bertz CT molecular complexity index is 578. The molecule has 0 spiro atoms. The summed E-state index contributed by atoms with van der Waals surface area (Å²) in [6.45, 7) is 5.65. The lowest BCUT2D eigenvalue weighted by Crippen LogP contribution is -2.39. The van der Waals surface area contributed by atoms with Crippen LogP contribution in [0.15, 0.2) is 18.5 Å². The quantitative estimate of drug-likeness (QED) is 0.821. The van der Waals surface area contributed by atoms with Gasteiger partial charge in [-0.3, -0.25) is 4.98 Å². The number of nitrogens with zero attached hydrogens (tertiary/aromatic N) is 1. The lowest BCUT2D eigenvalue weighted by Gasteiger charge is -2.25. The van der Waals surface area contributed by atoms with E-state index >= 15 is 0 Å². The summed E-state index contributed by atoms with van der Waals surface area (Å²) in [5.74, 6) is 0.124. The van der Waals surface area contributed by atoms with Gasteiger partial charge in [-0.15, -0.1) is 0 Å². The maximum atomic E-state index is 11.4. The number of pyridine rings is 1. The molecule has 1 fully saturated rings. The number of carbonyl (C=O) groups is 2. The molecule has 1 saturated carbocycles. The summed E-state index contributed by atoms with van der Waals surface area (Å²) < 4.78 is 14.6. The fourth-order valence-corrected chi connectivity index (χ4v) is 2.48. The Hall–Kier alpha value is -2.31. The molecule has 1 amide bonds. The average molecular weight is 366 g/mol. The Labute approximate surface area is 155 Å². The van der Waals surface area contributed by atoms with Gasteiger partial charge in [0.2, 0.25) is 0 Å². The third-order valence-corrected chi connectivity index (χ3v) is 3.70. The van der Waals surface area contributed by atoms with E-state index < -0.39 is 11.6 Å². The highest BCUT2D eigenvalue weighted by atomic mass is 16.6. The summed E-state index contributed by atoms with van der Waals surface area (Å²) in [4.78, 5) is 26.2. The van der Waals surface area contributed by atoms with E-state index in [1.54, 1.807) is 6.07 Å². The van der Waals surface area contributed by atoms with Crippen LogP contribution in [0.3, 0.4) is 0 Å². The second kappa shape index (κ2) is 10.6. The molecule has 1 aliphatic rings. The molecule has 0 aromatic carbocycles. The maximum Gasteiger partial charge on any atom is 0.407 e. The summed E-state index contributed by atoms with van der Waals surface area (Å²) in [5, 5.41) is 2.91. The topological polar surface area (TPSA) is 86.8 Å². The van der Waals surface area contributed by atoms with E-state index in [9.17, 15) is 9.59 Å². The van der Waals surface area contributed by atoms with Gasteiger partial charge in [0.15, 0.2) is 0 Å². The van der Waals surface area contributed by atoms with Gasteiger partial charge in [0.1, 0.15) is 11.4 Å². The number of carbonyl (C=O) groups excluding carboxylic acids is 2. The SMILES string of the molecule is CC(C)(C)OC(=O)NC1CCCCC1.COC(=O)c1cncc(OC)c1. The van der Waals surface area contributed by atoms with Crippen molar-refractivity contribution in [3.63, 3.8) is 0 Å². The molecule has 0 bridgehead atoms. The third kappa shape index (κ3) is 8.69. The van der Waals surface area contributed by atoms with E-state index in [0.29, 0.717) is 17.4 Å². The second-order valence-corrected chi connectivity index (χ2v) is 7.09. The first-order valence-electron chi connectivity index (χ1n) is 8.82. The molecular formula is C19H30N2O5. The summed E-state index contributed by atoms with van der Waals surface area (Å²) in [6, 6.07) is 1.90. The van der Waals surface area contributed by atoms with Crippen molar-refractivity contribution in [2.24, 2.45) is 0 Å². The zero-order valence-corrected chi connectivity index (χ0v) is 16.3. The standard InChI is InChI=1S/C11H21NO2.C8H9NO3/c1-11(2,3)14-10(13)12-9-7-5-4-6-8-9;1-11-7-3-6(4-9-5-7)8(10)12-2/h9H,4-8H2,1-3H3,(H,12,13);3-5H,1-2H3. The van der Waals surface area contributed by atoms with Crippen molar-refractivity contribution in [3.8, 4) is 5.75 Å². The van der Waals surface area contributed by atoms with Gasteiger partial charge < -0.3 is 19.5 Å². The normalized spacial score (nSPS) is 14.5. The molecule has 1 aliphatic carbocycles. The number of alkyl carbamates (subject to hydrolysis) is 1. The van der Waals surface area contributed by atoms with Gasteiger partial charge in [-0.05, 0) is 39.7 Å². The molecule has 1 aromatic rings. The lowest BCUT2D eigenvalue weighted by atomic mass is 9.96. The number of ether oxygens (including phenoxy) is 3. The molecule has 0 saturated heterocycles. The van der Waals surface area contributed by atoms with Crippen molar-refractivity contribution >= 4 is 12.1 Å². The van der Waals surface area contributed by atoms with Crippen LogP contribution in [0.2, 0.25) is 0 Å². The highest BCUT2D eigenvalue weighted by Crippen LogP contribution is 2.18. The third-order valence-electron chi connectivity index (χ3n) is 3.70. The molecule has 0 aliphatic heterocycles. The highest BCUT2D eigenvalue weighted by Gasteiger charge is 2.20. The molecule has 0 radical (unpaired) electrons. The zero-order valence-electron chi connectivity index (χ0n) is 16.3. The van der Waals surface area contributed by atoms with Crippen molar-refractivity contribution < 1.29 is 23.8 Å². The smallest absolute Gasteiger partial charge is 0.407 e. The minimum Gasteiger partial charge on any atom is -0.495 e. The van der Waals surface area contributed by atoms with Crippen molar-refractivity contribution in [2.75, 3.05) is 14.2 Å². The Morgan fingerprint density at radius 1 is 1.12 bits per heavy atom. The highest BCUT2D eigenvalue weighted by molar-refractivity contribution is 5.89. The maximum absolute atomic E-state index is 11.4. The molecule has 1 heterocycles. The number of aromatic nitrogens is 1. The Kier molecular flexibility index (Phi) is 8.88. The number of methoxy groups -OCH3 is 2. The minimum atomic E-state index is -0.415. The predicted molar refractivity (Wildman–Crippen MR) is 98.4 cm³/mol. The van der Waals surface area contributed by atoms with Gasteiger partial charge >= 0.3 is 12.1 Å². The van der Waals surface area contributed by atoms with E-state index in [2.05, 4.69) is 15.0 Å². The van der Waals surface area contributed by atoms with Crippen molar-refractivity contribution in [1.82, 2.24) is 10.3 Å². The Balaban J connectivity index is 0.000000263. The summed E-state index contributed by atoms with van der Waals surface area (Å²) in [5.41, 5.74) is -0.00416. The summed E-state index contributed by atoms with van der Waals surface area (Å²) in [7, 11) is 2.83. The van der Waals surface area contributed by atoms with Gasteiger partial charge in [-0.1, -0.05) is 19.3 Å².